The topological polar surface area (TPSA) is 38.3 Å². The van der Waals surface area contributed by atoms with Crippen molar-refractivity contribution < 1.29 is 17.8 Å². The monoisotopic (exact) mass is 199 g/mol. The lowest BCUT2D eigenvalue weighted by Crippen LogP contribution is -2.18. The van der Waals surface area contributed by atoms with Crippen LogP contribution in [-0.2, 0) is 9.53 Å². The summed E-state index contributed by atoms with van der Waals surface area (Å²) in [6, 6.07) is 3.88. The van der Waals surface area contributed by atoms with E-state index in [1.54, 1.807) is 0 Å². The molecule has 1 aromatic carbocycles. The standard InChI is InChI=1S/C11H15NO2/c1-8-5-4-6-9(2)11(8)12-10(13)7-14-3/h4-6H,7H2,1-3H3,(H,12,13)/i1D3,2D3. The van der Waals surface area contributed by atoms with Crippen molar-refractivity contribution in [3.63, 3.8) is 0 Å². The van der Waals surface area contributed by atoms with Crippen LogP contribution in [0.25, 0.3) is 0 Å². The van der Waals surface area contributed by atoms with E-state index < -0.39 is 19.6 Å². The molecule has 14 heavy (non-hydrogen) atoms. The van der Waals surface area contributed by atoms with Crippen LogP contribution in [0.2, 0.25) is 0 Å². The molecule has 0 bridgehead atoms. The van der Waals surface area contributed by atoms with E-state index in [2.05, 4.69) is 10.1 Å². The lowest BCUT2D eigenvalue weighted by atomic mass is 10.1. The van der Waals surface area contributed by atoms with Crippen LogP contribution in [0.15, 0.2) is 18.2 Å². The second kappa shape index (κ2) is 4.77. The van der Waals surface area contributed by atoms with Crippen LogP contribution in [0.1, 0.15) is 19.4 Å². The highest BCUT2D eigenvalue weighted by Gasteiger charge is 2.05. The average Bonchev–Trinajstić information content (AvgIpc) is 2.26. The van der Waals surface area contributed by atoms with E-state index in [0.29, 0.717) is 0 Å². The average molecular weight is 199 g/mol. The largest absolute Gasteiger partial charge is 0.375 e. The number of methoxy groups -OCH3 is 1. The number of anilines is 1. The second-order valence-corrected chi connectivity index (χ2v) is 2.71. The Labute approximate surface area is 92.5 Å². The van der Waals surface area contributed by atoms with Gasteiger partial charge in [0.1, 0.15) is 6.61 Å². The summed E-state index contributed by atoms with van der Waals surface area (Å²) in [7, 11) is 1.31. The number of hydrogen-bond acceptors (Lipinski definition) is 2. The summed E-state index contributed by atoms with van der Waals surface area (Å²) in [5.41, 5.74) is -0.624. The predicted octanol–water partition coefficient (Wildman–Crippen LogP) is 1.89. The number of ether oxygens (including phenoxy) is 1. The molecule has 0 aliphatic carbocycles. The van der Waals surface area contributed by atoms with E-state index in [-0.39, 0.29) is 23.4 Å². The van der Waals surface area contributed by atoms with Gasteiger partial charge in [-0.25, -0.2) is 0 Å². The molecule has 0 radical (unpaired) electrons. The third-order valence-electron chi connectivity index (χ3n) is 1.60. The normalized spacial score (nSPS) is 18.1. The van der Waals surface area contributed by atoms with E-state index in [9.17, 15) is 4.79 Å². The maximum absolute atomic E-state index is 11.6. The number of carbonyl (C=O) groups excluding carboxylic acids is 1. The molecule has 0 saturated carbocycles. The summed E-state index contributed by atoms with van der Waals surface area (Å²) in [6.45, 7) is -5.36. The molecule has 0 aromatic heterocycles. The first-order valence-electron chi connectivity index (χ1n) is 7.00. The van der Waals surface area contributed by atoms with E-state index >= 15 is 0 Å². The highest BCUT2D eigenvalue weighted by Crippen LogP contribution is 2.18. The summed E-state index contributed by atoms with van der Waals surface area (Å²) in [5, 5.41) is 2.31. The molecule has 0 aliphatic heterocycles. The highest BCUT2D eigenvalue weighted by molar-refractivity contribution is 5.93. The molecule has 1 amide bonds. The van der Waals surface area contributed by atoms with Crippen molar-refractivity contribution in [3.05, 3.63) is 29.3 Å². The van der Waals surface area contributed by atoms with E-state index in [4.69, 9.17) is 8.22 Å². The van der Waals surface area contributed by atoms with Crippen molar-refractivity contribution in [1.29, 1.82) is 0 Å². The zero-order valence-corrected chi connectivity index (χ0v) is 7.76. The molecular weight excluding hydrogens is 178 g/mol. The number of amides is 1. The van der Waals surface area contributed by atoms with Crippen LogP contribution >= 0.6 is 0 Å². The van der Waals surface area contributed by atoms with Gasteiger partial charge in [-0.1, -0.05) is 18.2 Å². The minimum absolute atomic E-state index is 0.199. The third kappa shape index (κ3) is 2.57. The third-order valence-corrected chi connectivity index (χ3v) is 1.60. The van der Waals surface area contributed by atoms with E-state index in [1.807, 2.05) is 0 Å². The zero-order chi connectivity index (χ0) is 15.6. The maximum atomic E-state index is 11.6. The molecule has 0 saturated heterocycles. The van der Waals surface area contributed by atoms with Gasteiger partial charge in [0.25, 0.3) is 0 Å². The maximum Gasteiger partial charge on any atom is 0.250 e. The molecular formula is C11H15NO2. The van der Waals surface area contributed by atoms with Gasteiger partial charge < -0.3 is 10.1 Å². The quantitative estimate of drug-likeness (QED) is 0.807. The molecule has 0 aliphatic rings. The number of hydrogen-bond donors (Lipinski definition) is 1. The Bertz CT molecular complexity index is 462. The number of nitrogens with one attached hydrogen (secondary N) is 1. The Morgan fingerprint density at radius 1 is 1.50 bits per heavy atom. The molecule has 1 rings (SSSR count). The number of rotatable bonds is 3. The Hall–Kier alpha value is -1.35. The van der Waals surface area contributed by atoms with Crippen LogP contribution in [0.5, 0.6) is 0 Å². The Morgan fingerprint density at radius 2 is 2.14 bits per heavy atom. The van der Waals surface area contributed by atoms with Crippen molar-refractivity contribution in [2.75, 3.05) is 19.0 Å². The smallest absolute Gasteiger partial charge is 0.250 e. The van der Waals surface area contributed by atoms with Gasteiger partial charge in [0.15, 0.2) is 0 Å². The van der Waals surface area contributed by atoms with Crippen molar-refractivity contribution in [2.24, 2.45) is 0 Å². The first-order chi connectivity index (χ1) is 9.07. The molecule has 0 spiro atoms. The number of aryl methyl sites for hydroxylation is 2. The number of para-hydroxylation sites is 1. The Balaban J connectivity index is 3.37. The van der Waals surface area contributed by atoms with Gasteiger partial charge in [0.2, 0.25) is 5.91 Å². The molecule has 0 heterocycles. The molecule has 0 fully saturated rings. The van der Waals surface area contributed by atoms with Crippen LogP contribution < -0.4 is 5.32 Å². The summed E-state index contributed by atoms with van der Waals surface area (Å²) < 4.78 is 49.2. The summed E-state index contributed by atoms with van der Waals surface area (Å²) >= 11 is 0. The van der Waals surface area contributed by atoms with Crippen molar-refractivity contribution in [1.82, 2.24) is 0 Å². The first-order valence-corrected chi connectivity index (χ1v) is 4.00. The SMILES string of the molecule is [2H]C([2H])([2H])c1cccc(C([2H])([2H])[2H])c1NC(=O)COC. The first kappa shape index (κ1) is 4.94. The summed E-state index contributed by atoms with van der Waals surface area (Å²) in [5.74, 6) is -0.616. The van der Waals surface area contributed by atoms with Gasteiger partial charge in [-0.3, -0.25) is 4.79 Å². The molecule has 1 aromatic rings. The lowest BCUT2D eigenvalue weighted by Gasteiger charge is -2.10. The number of benzene rings is 1. The minimum atomic E-state index is -2.53. The fourth-order valence-corrected chi connectivity index (χ4v) is 0.994. The van der Waals surface area contributed by atoms with Gasteiger partial charge in [0.05, 0.1) is 0 Å². The minimum Gasteiger partial charge on any atom is -0.375 e. The lowest BCUT2D eigenvalue weighted by molar-refractivity contribution is -0.119. The summed E-state index contributed by atoms with van der Waals surface area (Å²) in [4.78, 5) is 11.6. The molecule has 0 unspecified atom stereocenters. The number of carbonyl (C=O) groups is 1. The molecule has 1 N–H and O–H groups in total. The van der Waals surface area contributed by atoms with Crippen molar-refractivity contribution in [2.45, 2.75) is 13.7 Å². The van der Waals surface area contributed by atoms with Gasteiger partial charge in [-0.15, -0.1) is 0 Å². The van der Waals surface area contributed by atoms with Crippen LogP contribution in [0.4, 0.5) is 5.69 Å². The second-order valence-electron chi connectivity index (χ2n) is 2.71. The predicted molar refractivity (Wildman–Crippen MR) is 56.4 cm³/mol. The Morgan fingerprint density at radius 3 is 2.64 bits per heavy atom. The fraction of sp³-hybridized carbons (Fsp3) is 0.364. The molecule has 3 heteroatoms. The van der Waals surface area contributed by atoms with Gasteiger partial charge in [-0.05, 0) is 24.8 Å². The highest BCUT2D eigenvalue weighted by atomic mass is 16.5. The molecule has 3 nitrogen and oxygen atoms in total. The van der Waals surface area contributed by atoms with Gasteiger partial charge in [0, 0.05) is 21.0 Å². The molecule has 76 valence electrons. The van der Waals surface area contributed by atoms with Crippen molar-refractivity contribution in [3.8, 4) is 0 Å². The Kier molecular flexibility index (Phi) is 1.68. The van der Waals surface area contributed by atoms with Crippen LogP contribution in [0.3, 0.4) is 0 Å². The summed E-state index contributed by atoms with van der Waals surface area (Å²) in [6.07, 6.45) is 0. The van der Waals surface area contributed by atoms with Gasteiger partial charge in [-0.2, -0.15) is 0 Å². The van der Waals surface area contributed by atoms with Crippen molar-refractivity contribution >= 4 is 11.6 Å². The zero-order valence-electron chi connectivity index (χ0n) is 13.8. The molecule has 0 atom stereocenters. The van der Waals surface area contributed by atoms with E-state index in [0.717, 1.165) is 0 Å². The van der Waals surface area contributed by atoms with Gasteiger partial charge >= 0.3 is 0 Å². The van der Waals surface area contributed by atoms with Crippen LogP contribution in [-0.4, -0.2) is 19.6 Å². The fourth-order valence-electron chi connectivity index (χ4n) is 0.994. The van der Waals surface area contributed by atoms with E-state index in [1.165, 1.54) is 25.3 Å². The van der Waals surface area contributed by atoms with Crippen LogP contribution in [0, 0.1) is 13.7 Å².